The van der Waals surface area contributed by atoms with Crippen molar-refractivity contribution in [1.29, 1.82) is 0 Å². The number of hydrogen-bond acceptors (Lipinski definition) is 4. The van der Waals surface area contributed by atoms with E-state index in [1.54, 1.807) is 6.20 Å². The first-order valence-electron chi connectivity index (χ1n) is 6.15. The van der Waals surface area contributed by atoms with Gasteiger partial charge in [0.05, 0.1) is 16.9 Å². The molecule has 3 rings (SSSR count). The highest BCUT2D eigenvalue weighted by Crippen LogP contribution is 2.24. The van der Waals surface area contributed by atoms with E-state index in [0.29, 0.717) is 5.95 Å². The van der Waals surface area contributed by atoms with Crippen LogP contribution in [0.2, 0.25) is 0 Å². The lowest BCUT2D eigenvalue weighted by atomic mass is 10.1. The number of aryl methyl sites for hydroxylation is 1. The Morgan fingerprint density at radius 1 is 1.05 bits per heavy atom. The van der Waals surface area contributed by atoms with Crippen LogP contribution in [-0.4, -0.2) is 22.0 Å². The Labute approximate surface area is 111 Å². The molecule has 0 saturated heterocycles. The predicted molar refractivity (Wildman–Crippen MR) is 77.1 cm³/mol. The van der Waals surface area contributed by atoms with Crippen molar-refractivity contribution in [2.45, 2.75) is 6.92 Å². The van der Waals surface area contributed by atoms with E-state index in [-0.39, 0.29) is 0 Å². The summed E-state index contributed by atoms with van der Waals surface area (Å²) < 4.78 is 0. The number of nitrogens with one attached hydrogen (secondary N) is 1. The first-order valence-corrected chi connectivity index (χ1v) is 6.15. The predicted octanol–water partition coefficient (Wildman–Crippen LogP) is 3.04. The standard InChI is InChI=1S/C15H14N4/c1-10-12-9-11(13-5-3-4-8-17-13)6-7-14(12)19-15(16-2)18-10/h3-9H,1-2H3,(H,16,18,19). The van der Waals surface area contributed by atoms with E-state index < -0.39 is 0 Å². The van der Waals surface area contributed by atoms with Crippen molar-refractivity contribution in [3.63, 3.8) is 0 Å². The molecule has 0 amide bonds. The van der Waals surface area contributed by atoms with Gasteiger partial charge in [-0.3, -0.25) is 4.98 Å². The molecule has 3 aromatic rings. The second kappa shape index (κ2) is 4.65. The van der Waals surface area contributed by atoms with Gasteiger partial charge in [-0.05, 0) is 31.2 Å². The van der Waals surface area contributed by atoms with Gasteiger partial charge in [-0.25, -0.2) is 9.97 Å². The average Bonchev–Trinajstić information content (AvgIpc) is 2.47. The number of nitrogens with zero attached hydrogens (tertiary/aromatic N) is 3. The van der Waals surface area contributed by atoms with Crippen LogP contribution in [0.1, 0.15) is 5.69 Å². The molecule has 2 heterocycles. The van der Waals surface area contributed by atoms with Crippen LogP contribution in [0.15, 0.2) is 42.6 Å². The van der Waals surface area contributed by atoms with E-state index in [4.69, 9.17) is 0 Å². The van der Waals surface area contributed by atoms with Crippen molar-refractivity contribution in [3.8, 4) is 11.3 Å². The maximum absolute atomic E-state index is 4.45. The molecule has 0 bridgehead atoms. The minimum absolute atomic E-state index is 0.649. The molecule has 0 aliphatic rings. The lowest BCUT2D eigenvalue weighted by Crippen LogP contribution is -1.98. The van der Waals surface area contributed by atoms with Crippen molar-refractivity contribution in [2.75, 3.05) is 12.4 Å². The zero-order valence-electron chi connectivity index (χ0n) is 10.9. The molecule has 0 aliphatic carbocycles. The van der Waals surface area contributed by atoms with E-state index in [0.717, 1.165) is 27.9 Å². The Morgan fingerprint density at radius 3 is 2.68 bits per heavy atom. The highest BCUT2D eigenvalue weighted by molar-refractivity contribution is 5.86. The van der Waals surface area contributed by atoms with Gasteiger partial charge >= 0.3 is 0 Å². The Kier molecular flexibility index (Phi) is 2.83. The summed E-state index contributed by atoms with van der Waals surface area (Å²) in [5.74, 6) is 0.649. The summed E-state index contributed by atoms with van der Waals surface area (Å²) in [6, 6.07) is 12.0. The Morgan fingerprint density at radius 2 is 1.95 bits per heavy atom. The molecule has 1 N–H and O–H groups in total. The molecule has 0 saturated carbocycles. The molecule has 0 radical (unpaired) electrons. The van der Waals surface area contributed by atoms with Gasteiger partial charge in [0, 0.05) is 24.2 Å². The molecule has 0 fully saturated rings. The SMILES string of the molecule is CNc1nc(C)c2cc(-c3ccccn3)ccc2n1. The Bertz CT molecular complexity index is 723. The van der Waals surface area contributed by atoms with E-state index in [9.17, 15) is 0 Å². The van der Waals surface area contributed by atoms with Gasteiger partial charge in [-0.1, -0.05) is 12.1 Å². The third kappa shape index (κ3) is 2.12. The number of fused-ring (bicyclic) bond motifs is 1. The van der Waals surface area contributed by atoms with Gasteiger partial charge in [0.1, 0.15) is 0 Å². The summed E-state index contributed by atoms with van der Waals surface area (Å²) in [5, 5.41) is 4.03. The van der Waals surface area contributed by atoms with Crippen LogP contribution >= 0.6 is 0 Å². The third-order valence-corrected chi connectivity index (χ3v) is 3.07. The normalized spacial score (nSPS) is 10.6. The summed E-state index contributed by atoms with van der Waals surface area (Å²) >= 11 is 0. The van der Waals surface area contributed by atoms with Crippen LogP contribution in [0.3, 0.4) is 0 Å². The molecule has 4 heteroatoms. The summed E-state index contributed by atoms with van der Waals surface area (Å²) in [6.07, 6.45) is 1.80. The third-order valence-electron chi connectivity index (χ3n) is 3.07. The highest BCUT2D eigenvalue weighted by Gasteiger charge is 2.06. The topological polar surface area (TPSA) is 50.7 Å². The fourth-order valence-electron chi connectivity index (χ4n) is 2.09. The average molecular weight is 250 g/mol. The number of rotatable bonds is 2. The second-order valence-corrected chi connectivity index (χ2v) is 4.33. The van der Waals surface area contributed by atoms with Crippen molar-refractivity contribution in [1.82, 2.24) is 15.0 Å². The van der Waals surface area contributed by atoms with Gasteiger partial charge in [-0.15, -0.1) is 0 Å². The van der Waals surface area contributed by atoms with Crippen LogP contribution in [-0.2, 0) is 0 Å². The fourth-order valence-corrected chi connectivity index (χ4v) is 2.09. The highest BCUT2D eigenvalue weighted by atomic mass is 15.1. The van der Waals surface area contributed by atoms with Crippen LogP contribution < -0.4 is 5.32 Å². The monoisotopic (exact) mass is 250 g/mol. The first-order chi connectivity index (χ1) is 9.28. The molecular formula is C15H14N4. The van der Waals surface area contributed by atoms with Crippen LogP contribution in [0.25, 0.3) is 22.2 Å². The van der Waals surface area contributed by atoms with Gasteiger partial charge in [0.25, 0.3) is 0 Å². The summed E-state index contributed by atoms with van der Waals surface area (Å²) in [6.45, 7) is 1.99. The molecule has 19 heavy (non-hydrogen) atoms. The van der Waals surface area contributed by atoms with Gasteiger partial charge in [0.15, 0.2) is 0 Å². The van der Waals surface area contributed by atoms with Gasteiger partial charge in [0.2, 0.25) is 5.95 Å². The van der Waals surface area contributed by atoms with E-state index in [2.05, 4.69) is 26.3 Å². The Hall–Kier alpha value is -2.49. The smallest absolute Gasteiger partial charge is 0.223 e. The summed E-state index contributed by atoms with van der Waals surface area (Å²) in [4.78, 5) is 13.2. The molecule has 94 valence electrons. The van der Waals surface area contributed by atoms with Crippen LogP contribution in [0.4, 0.5) is 5.95 Å². The van der Waals surface area contributed by atoms with E-state index in [1.807, 2.05) is 44.3 Å². The zero-order valence-corrected chi connectivity index (χ0v) is 10.9. The minimum Gasteiger partial charge on any atom is -0.357 e. The number of pyridine rings is 1. The molecule has 0 spiro atoms. The fraction of sp³-hybridized carbons (Fsp3) is 0.133. The lowest BCUT2D eigenvalue weighted by Gasteiger charge is -2.07. The zero-order chi connectivity index (χ0) is 13.2. The van der Waals surface area contributed by atoms with Crippen LogP contribution in [0.5, 0.6) is 0 Å². The van der Waals surface area contributed by atoms with E-state index in [1.165, 1.54) is 0 Å². The molecule has 1 aromatic carbocycles. The summed E-state index contributed by atoms with van der Waals surface area (Å²) in [5.41, 5.74) is 3.95. The molecule has 0 unspecified atom stereocenters. The van der Waals surface area contributed by atoms with Crippen molar-refractivity contribution < 1.29 is 0 Å². The Balaban J connectivity index is 2.19. The van der Waals surface area contributed by atoms with E-state index >= 15 is 0 Å². The first kappa shape index (κ1) is 11.6. The molecule has 4 nitrogen and oxygen atoms in total. The van der Waals surface area contributed by atoms with Crippen molar-refractivity contribution in [3.05, 3.63) is 48.3 Å². The molecular weight excluding hydrogens is 236 g/mol. The molecule has 0 atom stereocenters. The maximum Gasteiger partial charge on any atom is 0.223 e. The van der Waals surface area contributed by atoms with Crippen LogP contribution in [0, 0.1) is 6.92 Å². The quantitative estimate of drug-likeness (QED) is 0.759. The van der Waals surface area contributed by atoms with Gasteiger partial charge < -0.3 is 5.32 Å². The maximum atomic E-state index is 4.45. The number of benzene rings is 1. The largest absolute Gasteiger partial charge is 0.357 e. The van der Waals surface area contributed by atoms with Gasteiger partial charge in [-0.2, -0.15) is 0 Å². The molecule has 2 aromatic heterocycles. The number of aromatic nitrogens is 3. The summed E-state index contributed by atoms with van der Waals surface area (Å²) in [7, 11) is 1.82. The minimum atomic E-state index is 0.649. The lowest BCUT2D eigenvalue weighted by molar-refractivity contribution is 1.14. The van der Waals surface area contributed by atoms with Crippen molar-refractivity contribution >= 4 is 16.9 Å². The number of anilines is 1. The molecule has 0 aliphatic heterocycles. The second-order valence-electron chi connectivity index (χ2n) is 4.33. The van der Waals surface area contributed by atoms with Crippen molar-refractivity contribution in [2.24, 2.45) is 0 Å². The number of hydrogen-bond donors (Lipinski definition) is 1.